The van der Waals surface area contributed by atoms with Gasteiger partial charge >= 0.3 is 0 Å². The third-order valence-electron chi connectivity index (χ3n) is 4.85. The van der Waals surface area contributed by atoms with Crippen LogP contribution >= 0.6 is 0 Å². The van der Waals surface area contributed by atoms with Gasteiger partial charge in [0.2, 0.25) is 0 Å². The monoisotopic (exact) mass is 430 g/mol. The molecule has 0 aliphatic carbocycles. The minimum Gasteiger partial charge on any atom is -0.489 e. The molecule has 2 aromatic heterocycles. The van der Waals surface area contributed by atoms with Crippen LogP contribution in [0.4, 0.5) is 10.1 Å². The second-order valence-electron chi connectivity index (χ2n) is 7.60. The Hall–Kier alpha value is -4.00. The van der Waals surface area contributed by atoms with E-state index in [9.17, 15) is 9.18 Å². The first-order valence-corrected chi connectivity index (χ1v) is 10.3. The van der Waals surface area contributed by atoms with Crippen LogP contribution in [0.3, 0.4) is 0 Å². The molecule has 0 saturated carbocycles. The third kappa shape index (κ3) is 4.83. The van der Waals surface area contributed by atoms with E-state index in [4.69, 9.17) is 4.74 Å². The van der Waals surface area contributed by atoms with Crippen LogP contribution in [-0.4, -0.2) is 20.7 Å². The molecule has 0 bridgehead atoms. The quantitative estimate of drug-likeness (QED) is 0.428. The Kier molecular flexibility index (Phi) is 6.26. The van der Waals surface area contributed by atoms with Crippen LogP contribution in [0.15, 0.2) is 79.1 Å². The number of aromatic nitrogens is 3. The standard InChI is InChI=1S/C25H23FN4O2/c1-17(2)24-22(15-28-30(24)23-11-3-4-12-27-23)25(31)29-20-9-5-7-18(13-20)16-32-21-10-6-8-19(26)14-21/h3-15,17H,16H2,1-2H3,(H,29,31). The fourth-order valence-corrected chi connectivity index (χ4v) is 3.41. The SMILES string of the molecule is CC(C)c1c(C(=O)Nc2cccc(COc3cccc(F)c3)c2)cnn1-c1ccccn1. The van der Waals surface area contributed by atoms with E-state index in [-0.39, 0.29) is 24.2 Å². The topological polar surface area (TPSA) is 69.0 Å². The van der Waals surface area contributed by atoms with Crippen molar-refractivity contribution in [3.05, 3.63) is 102 Å². The summed E-state index contributed by atoms with van der Waals surface area (Å²) in [5, 5.41) is 7.34. The van der Waals surface area contributed by atoms with Gasteiger partial charge in [0.25, 0.3) is 5.91 Å². The summed E-state index contributed by atoms with van der Waals surface area (Å²) in [5.41, 5.74) is 2.76. The largest absolute Gasteiger partial charge is 0.489 e. The van der Waals surface area contributed by atoms with Crippen LogP contribution in [-0.2, 0) is 6.61 Å². The van der Waals surface area contributed by atoms with E-state index in [0.29, 0.717) is 22.8 Å². The van der Waals surface area contributed by atoms with E-state index in [0.717, 1.165) is 11.3 Å². The number of benzene rings is 2. The molecule has 1 amide bonds. The molecule has 6 nitrogen and oxygen atoms in total. The van der Waals surface area contributed by atoms with Crippen LogP contribution in [0.2, 0.25) is 0 Å². The first kappa shape index (κ1) is 21.2. The molecule has 0 aliphatic rings. The van der Waals surface area contributed by atoms with Crippen molar-refractivity contribution in [3.8, 4) is 11.6 Å². The van der Waals surface area contributed by atoms with Gasteiger partial charge in [-0.05, 0) is 47.9 Å². The van der Waals surface area contributed by atoms with Crippen LogP contribution in [0.25, 0.3) is 5.82 Å². The van der Waals surface area contributed by atoms with Gasteiger partial charge in [0.05, 0.1) is 17.5 Å². The molecule has 162 valence electrons. The molecule has 32 heavy (non-hydrogen) atoms. The van der Waals surface area contributed by atoms with Gasteiger partial charge in [0, 0.05) is 18.0 Å². The maximum atomic E-state index is 13.3. The molecule has 4 rings (SSSR count). The highest BCUT2D eigenvalue weighted by Crippen LogP contribution is 2.24. The zero-order valence-electron chi connectivity index (χ0n) is 17.8. The number of carbonyl (C=O) groups excluding carboxylic acids is 1. The number of halogens is 1. The molecule has 0 aliphatic heterocycles. The Morgan fingerprint density at radius 1 is 1.09 bits per heavy atom. The molecule has 1 N–H and O–H groups in total. The molecule has 0 spiro atoms. The van der Waals surface area contributed by atoms with Crippen molar-refractivity contribution in [3.63, 3.8) is 0 Å². The van der Waals surface area contributed by atoms with Crippen molar-refractivity contribution in [1.82, 2.24) is 14.8 Å². The molecule has 2 aromatic carbocycles. The van der Waals surface area contributed by atoms with Gasteiger partial charge in [-0.25, -0.2) is 14.1 Å². The van der Waals surface area contributed by atoms with E-state index < -0.39 is 0 Å². The fourth-order valence-electron chi connectivity index (χ4n) is 3.41. The number of amides is 1. The first-order valence-electron chi connectivity index (χ1n) is 10.3. The van der Waals surface area contributed by atoms with Gasteiger partial charge in [0.1, 0.15) is 18.2 Å². The predicted octanol–water partition coefficient (Wildman–Crippen LogP) is 5.36. The summed E-state index contributed by atoms with van der Waals surface area (Å²) >= 11 is 0. The number of pyridine rings is 1. The number of carbonyl (C=O) groups is 1. The maximum absolute atomic E-state index is 13.3. The lowest BCUT2D eigenvalue weighted by atomic mass is 10.1. The van der Waals surface area contributed by atoms with Gasteiger partial charge in [-0.1, -0.05) is 38.1 Å². The minimum absolute atomic E-state index is 0.0614. The van der Waals surface area contributed by atoms with Crippen LogP contribution in [0.5, 0.6) is 5.75 Å². The second kappa shape index (κ2) is 9.43. The molecule has 0 fully saturated rings. The summed E-state index contributed by atoms with van der Waals surface area (Å²) in [6.07, 6.45) is 3.26. The van der Waals surface area contributed by atoms with Gasteiger partial charge < -0.3 is 10.1 Å². The molecule has 7 heteroatoms. The summed E-state index contributed by atoms with van der Waals surface area (Å²) in [6.45, 7) is 4.28. The van der Waals surface area contributed by atoms with E-state index in [1.165, 1.54) is 12.1 Å². The molecule has 0 radical (unpaired) electrons. The van der Waals surface area contributed by atoms with Crippen molar-refractivity contribution in [1.29, 1.82) is 0 Å². The Morgan fingerprint density at radius 2 is 1.94 bits per heavy atom. The lowest BCUT2D eigenvalue weighted by molar-refractivity contribution is 0.102. The fraction of sp³-hybridized carbons (Fsp3) is 0.160. The number of nitrogens with one attached hydrogen (secondary N) is 1. The summed E-state index contributed by atoms with van der Waals surface area (Å²) in [5.74, 6) is 0.566. The van der Waals surface area contributed by atoms with E-state index in [2.05, 4.69) is 15.4 Å². The summed E-state index contributed by atoms with van der Waals surface area (Å²) in [6, 6.07) is 18.9. The normalized spacial score (nSPS) is 10.9. The Morgan fingerprint density at radius 3 is 2.69 bits per heavy atom. The lowest BCUT2D eigenvalue weighted by Gasteiger charge is -2.13. The van der Waals surface area contributed by atoms with Crippen molar-refractivity contribution in [2.24, 2.45) is 0 Å². The smallest absolute Gasteiger partial charge is 0.259 e. The Balaban J connectivity index is 1.51. The van der Waals surface area contributed by atoms with Gasteiger partial charge in [-0.3, -0.25) is 4.79 Å². The van der Waals surface area contributed by atoms with E-state index in [1.54, 1.807) is 29.2 Å². The van der Waals surface area contributed by atoms with Crippen LogP contribution < -0.4 is 10.1 Å². The van der Waals surface area contributed by atoms with Crippen molar-refractivity contribution < 1.29 is 13.9 Å². The number of ether oxygens (including phenoxy) is 1. The van der Waals surface area contributed by atoms with Crippen molar-refractivity contribution in [2.45, 2.75) is 26.4 Å². The number of hydrogen-bond acceptors (Lipinski definition) is 4. The molecule has 0 atom stereocenters. The lowest BCUT2D eigenvalue weighted by Crippen LogP contribution is -2.16. The minimum atomic E-state index is -0.351. The average molecular weight is 430 g/mol. The number of hydrogen-bond donors (Lipinski definition) is 1. The van der Waals surface area contributed by atoms with Gasteiger partial charge in [-0.15, -0.1) is 0 Å². The predicted molar refractivity (Wildman–Crippen MR) is 121 cm³/mol. The molecule has 0 saturated heterocycles. The second-order valence-corrected chi connectivity index (χ2v) is 7.60. The zero-order valence-corrected chi connectivity index (χ0v) is 17.8. The summed E-state index contributed by atoms with van der Waals surface area (Å²) < 4.78 is 20.7. The molecule has 0 unspecified atom stereocenters. The highest BCUT2D eigenvalue weighted by Gasteiger charge is 2.21. The molecular formula is C25H23FN4O2. The molecule has 2 heterocycles. The van der Waals surface area contributed by atoms with Gasteiger partial charge in [0.15, 0.2) is 5.82 Å². The zero-order chi connectivity index (χ0) is 22.5. The third-order valence-corrected chi connectivity index (χ3v) is 4.85. The highest BCUT2D eigenvalue weighted by atomic mass is 19.1. The first-order chi connectivity index (χ1) is 15.5. The van der Waals surface area contributed by atoms with Crippen LogP contribution in [0.1, 0.15) is 41.4 Å². The maximum Gasteiger partial charge on any atom is 0.259 e. The number of rotatable bonds is 7. The van der Waals surface area contributed by atoms with Crippen LogP contribution in [0, 0.1) is 5.82 Å². The molecule has 4 aromatic rings. The van der Waals surface area contributed by atoms with E-state index >= 15 is 0 Å². The Bertz CT molecular complexity index is 1220. The molecular weight excluding hydrogens is 407 g/mol. The summed E-state index contributed by atoms with van der Waals surface area (Å²) in [4.78, 5) is 17.4. The van der Waals surface area contributed by atoms with Crippen molar-refractivity contribution in [2.75, 3.05) is 5.32 Å². The Labute approximate surface area is 185 Å². The highest BCUT2D eigenvalue weighted by molar-refractivity contribution is 6.05. The number of anilines is 1. The van der Waals surface area contributed by atoms with Gasteiger partial charge in [-0.2, -0.15) is 5.10 Å². The summed E-state index contributed by atoms with van der Waals surface area (Å²) in [7, 11) is 0. The van der Waals surface area contributed by atoms with E-state index in [1.807, 2.05) is 56.3 Å². The number of nitrogens with zero attached hydrogens (tertiary/aromatic N) is 3. The van der Waals surface area contributed by atoms with Crippen molar-refractivity contribution >= 4 is 11.6 Å². The average Bonchev–Trinajstić information content (AvgIpc) is 3.25.